The number of ether oxygens (including phenoxy) is 2. The Balaban J connectivity index is 4.13. The van der Waals surface area contributed by atoms with Gasteiger partial charge in [0.1, 0.15) is 6.61 Å². The van der Waals surface area contributed by atoms with Crippen molar-refractivity contribution >= 4 is 19.8 Å². The molecule has 2 atom stereocenters. The molecule has 0 aliphatic heterocycles. The third-order valence-electron chi connectivity index (χ3n) is 9.31. The summed E-state index contributed by atoms with van der Waals surface area (Å²) in [6.45, 7) is 3.71. The van der Waals surface area contributed by atoms with E-state index in [0.717, 1.165) is 57.8 Å². The first-order chi connectivity index (χ1) is 25.8. The fourth-order valence-corrected chi connectivity index (χ4v) is 6.80. The van der Waals surface area contributed by atoms with Crippen molar-refractivity contribution in [3.05, 3.63) is 24.3 Å². The van der Waals surface area contributed by atoms with Gasteiger partial charge in [0.25, 0.3) is 0 Å². The second-order valence-corrected chi connectivity index (χ2v) is 16.0. The second-order valence-electron chi connectivity index (χ2n) is 14.6. The molecule has 0 rings (SSSR count). The van der Waals surface area contributed by atoms with E-state index in [2.05, 4.69) is 38.2 Å². The van der Waals surface area contributed by atoms with Crippen LogP contribution in [-0.2, 0) is 32.7 Å². The predicted molar refractivity (Wildman–Crippen MR) is 220 cm³/mol. The Kier molecular flexibility index (Phi) is 39.0. The van der Waals surface area contributed by atoms with Gasteiger partial charge in [-0.15, -0.1) is 0 Å². The zero-order valence-electron chi connectivity index (χ0n) is 34.3. The standard InChI is InChI=1S/C43H82NO8P/c1-3-5-7-9-11-13-15-17-18-19-20-21-22-24-26-28-30-32-34-36-43(46)52-41(40-51-53(47,48)50-38-37-44)39-49-42(45)35-33-31-29-27-25-23-16-14-12-10-8-6-4-2/h14,16-18,41H,3-13,15,19-40,44H2,1-2H3,(H,47,48)/b16-14-,18-17-/t41-/m1/s1. The van der Waals surface area contributed by atoms with Crippen LogP contribution in [0.5, 0.6) is 0 Å². The largest absolute Gasteiger partial charge is 0.472 e. The van der Waals surface area contributed by atoms with Gasteiger partial charge >= 0.3 is 19.8 Å². The fourth-order valence-electron chi connectivity index (χ4n) is 6.04. The van der Waals surface area contributed by atoms with E-state index in [4.69, 9.17) is 24.3 Å². The van der Waals surface area contributed by atoms with Crippen molar-refractivity contribution in [2.45, 2.75) is 213 Å². The van der Waals surface area contributed by atoms with Crippen molar-refractivity contribution in [1.82, 2.24) is 0 Å². The molecule has 0 saturated heterocycles. The summed E-state index contributed by atoms with van der Waals surface area (Å²) in [5, 5.41) is 0. The number of rotatable bonds is 41. The molecule has 9 nitrogen and oxygen atoms in total. The predicted octanol–water partition coefficient (Wildman–Crippen LogP) is 12.4. The molecule has 0 aromatic carbocycles. The third kappa shape index (κ3) is 40.0. The first-order valence-corrected chi connectivity index (χ1v) is 23.3. The number of allylic oxidation sites excluding steroid dienone is 4. The minimum Gasteiger partial charge on any atom is -0.462 e. The van der Waals surface area contributed by atoms with Crippen molar-refractivity contribution in [2.24, 2.45) is 5.73 Å². The molecule has 0 fully saturated rings. The normalized spacial score (nSPS) is 13.5. The lowest BCUT2D eigenvalue weighted by Gasteiger charge is -2.19. The summed E-state index contributed by atoms with van der Waals surface area (Å²) >= 11 is 0. The van der Waals surface area contributed by atoms with Crippen LogP contribution in [0.2, 0.25) is 0 Å². The fraction of sp³-hybridized carbons (Fsp3) is 0.860. The molecule has 0 aliphatic rings. The Hall–Kier alpha value is -1.51. The summed E-state index contributed by atoms with van der Waals surface area (Å²) in [5.41, 5.74) is 5.34. The molecule has 53 heavy (non-hydrogen) atoms. The van der Waals surface area contributed by atoms with Crippen LogP contribution in [-0.4, -0.2) is 49.3 Å². The lowest BCUT2D eigenvalue weighted by molar-refractivity contribution is -0.161. The van der Waals surface area contributed by atoms with Gasteiger partial charge in [-0.25, -0.2) is 4.57 Å². The number of carbonyl (C=O) groups excluding carboxylic acids is 2. The van der Waals surface area contributed by atoms with Gasteiger partial charge in [0.05, 0.1) is 13.2 Å². The van der Waals surface area contributed by atoms with Gasteiger partial charge in [0.15, 0.2) is 6.10 Å². The summed E-state index contributed by atoms with van der Waals surface area (Å²) in [7, 11) is -4.37. The average Bonchev–Trinajstić information content (AvgIpc) is 3.14. The van der Waals surface area contributed by atoms with Gasteiger partial charge in [-0.1, -0.05) is 154 Å². The topological polar surface area (TPSA) is 134 Å². The van der Waals surface area contributed by atoms with Crippen molar-refractivity contribution in [1.29, 1.82) is 0 Å². The maximum Gasteiger partial charge on any atom is 0.472 e. The van der Waals surface area contributed by atoms with Crippen molar-refractivity contribution in [3.63, 3.8) is 0 Å². The molecular formula is C43H82NO8P. The maximum atomic E-state index is 12.6. The SMILES string of the molecule is CCCCCC/C=C\CCCCCCCC(=O)OC[C@H](COP(=O)(O)OCCN)OC(=O)CCCCCCCCCCC/C=C\CCCCCCCC. The Morgan fingerprint density at radius 2 is 0.925 bits per heavy atom. The summed E-state index contributed by atoms with van der Waals surface area (Å²) in [4.78, 5) is 34.8. The number of phosphoric acid groups is 1. The Morgan fingerprint density at radius 3 is 1.36 bits per heavy atom. The molecule has 0 saturated carbocycles. The number of unbranched alkanes of at least 4 members (excludes halogenated alkanes) is 24. The highest BCUT2D eigenvalue weighted by atomic mass is 31.2. The average molecular weight is 772 g/mol. The summed E-state index contributed by atoms with van der Waals surface area (Å²) in [6.07, 6.45) is 42.0. The van der Waals surface area contributed by atoms with Crippen LogP contribution in [0.3, 0.4) is 0 Å². The highest BCUT2D eigenvalue weighted by Gasteiger charge is 2.26. The minimum atomic E-state index is -4.37. The van der Waals surface area contributed by atoms with Gasteiger partial charge in [-0.3, -0.25) is 18.6 Å². The molecule has 0 radical (unpaired) electrons. The van der Waals surface area contributed by atoms with Gasteiger partial charge in [0.2, 0.25) is 0 Å². The number of phosphoric ester groups is 1. The van der Waals surface area contributed by atoms with E-state index >= 15 is 0 Å². The lowest BCUT2D eigenvalue weighted by Crippen LogP contribution is -2.29. The zero-order valence-corrected chi connectivity index (χ0v) is 35.2. The molecule has 0 aliphatic carbocycles. The van der Waals surface area contributed by atoms with Gasteiger partial charge in [-0.2, -0.15) is 0 Å². The van der Waals surface area contributed by atoms with Gasteiger partial charge in [-0.05, 0) is 64.2 Å². The zero-order chi connectivity index (χ0) is 38.9. The molecular weight excluding hydrogens is 689 g/mol. The minimum absolute atomic E-state index is 0.0530. The number of carbonyl (C=O) groups is 2. The lowest BCUT2D eigenvalue weighted by atomic mass is 10.1. The van der Waals surface area contributed by atoms with E-state index in [1.807, 2.05) is 0 Å². The number of hydrogen-bond donors (Lipinski definition) is 2. The maximum absolute atomic E-state index is 12.6. The van der Waals surface area contributed by atoms with Gasteiger partial charge in [0, 0.05) is 19.4 Å². The quantitative estimate of drug-likeness (QED) is 0.0269. The highest BCUT2D eigenvalue weighted by molar-refractivity contribution is 7.47. The smallest absolute Gasteiger partial charge is 0.462 e. The molecule has 0 heterocycles. The van der Waals surface area contributed by atoms with Crippen LogP contribution in [0.15, 0.2) is 24.3 Å². The van der Waals surface area contributed by atoms with Crippen molar-refractivity contribution in [3.8, 4) is 0 Å². The van der Waals surface area contributed by atoms with E-state index in [0.29, 0.717) is 6.42 Å². The van der Waals surface area contributed by atoms with Crippen LogP contribution in [0.4, 0.5) is 0 Å². The Bertz CT molecular complexity index is 928. The molecule has 0 aromatic heterocycles. The molecule has 0 aromatic rings. The number of hydrogen-bond acceptors (Lipinski definition) is 8. The van der Waals surface area contributed by atoms with Crippen molar-refractivity contribution < 1.29 is 37.6 Å². The van der Waals surface area contributed by atoms with E-state index in [-0.39, 0.29) is 38.6 Å². The molecule has 3 N–H and O–H groups in total. The van der Waals surface area contributed by atoms with Crippen LogP contribution in [0.25, 0.3) is 0 Å². The molecule has 1 unspecified atom stereocenters. The highest BCUT2D eigenvalue weighted by Crippen LogP contribution is 2.43. The molecule has 0 bridgehead atoms. The van der Waals surface area contributed by atoms with Crippen molar-refractivity contribution in [2.75, 3.05) is 26.4 Å². The molecule has 0 spiro atoms. The second kappa shape index (κ2) is 40.2. The van der Waals surface area contributed by atoms with E-state index in [9.17, 15) is 19.0 Å². The first kappa shape index (κ1) is 51.5. The van der Waals surface area contributed by atoms with Gasteiger partial charge < -0.3 is 20.1 Å². The van der Waals surface area contributed by atoms with Crippen LogP contribution in [0.1, 0.15) is 206 Å². The van der Waals surface area contributed by atoms with E-state index in [1.165, 1.54) is 116 Å². The van der Waals surface area contributed by atoms with E-state index < -0.39 is 26.5 Å². The first-order valence-electron chi connectivity index (χ1n) is 21.8. The monoisotopic (exact) mass is 772 g/mol. The summed E-state index contributed by atoms with van der Waals surface area (Å²) < 4.78 is 32.8. The summed E-state index contributed by atoms with van der Waals surface area (Å²) in [5.74, 6) is -0.836. The third-order valence-corrected chi connectivity index (χ3v) is 10.3. The Labute approximate surface area is 325 Å². The molecule has 0 amide bonds. The molecule has 312 valence electrons. The number of nitrogens with two attached hydrogens (primary N) is 1. The summed E-state index contributed by atoms with van der Waals surface area (Å²) in [6, 6.07) is 0. The number of esters is 2. The van der Waals surface area contributed by atoms with E-state index in [1.54, 1.807) is 0 Å². The molecule has 10 heteroatoms. The van der Waals surface area contributed by atoms with Crippen LogP contribution in [0, 0.1) is 0 Å². The van der Waals surface area contributed by atoms with Crippen LogP contribution < -0.4 is 5.73 Å². The van der Waals surface area contributed by atoms with Crippen LogP contribution >= 0.6 is 7.82 Å². The Morgan fingerprint density at radius 1 is 0.547 bits per heavy atom.